The number of nitrogens with zero attached hydrogens (tertiary/aromatic N) is 1. The molecular formula is C20H16N4O3S. The number of fused-ring (bicyclic) bond motifs is 1. The third-order valence-electron chi connectivity index (χ3n) is 4.15. The molecule has 0 saturated carbocycles. The van der Waals surface area contributed by atoms with Gasteiger partial charge in [-0.1, -0.05) is 54.2 Å². The van der Waals surface area contributed by atoms with E-state index in [1.807, 2.05) is 24.3 Å². The lowest BCUT2D eigenvalue weighted by Crippen LogP contribution is -2.22. The lowest BCUT2D eigenvalue weighted by Gasteiger charge is -2.09. The van der Waals surface area contributed by atoms with Crippen LogP contribution in [0.3, 0.4) is 0 Å². The molecule has 140 valence electrons. The highest BCUT2D eigenvalue weighted by Gasteiger charge is 2.15. The molecule has 0 bridgehead atoms. The Bertz CT molecular complexity index is 1200. The minimum absolute atomic E-state index is 0.0518. The molecule has 0 saturated heterocycles. The molecule has 0 radical (unpaired) electrons. The maximum atomic E-state index is 12.4. The number of benzene rings is 2. The summed E-state index contributed by atoms with van der Waals surface area (Å²) in [6, 6.07) is 17.2. The van der Waals surface area contributed by atoms with Crippen molar-refractivity contribution in [1.29, 1.82) is 0 Å². The SMILES string of the molecule is Nc1nc(SCc2cccc3ccccc23)[nH]c(=O)c1NC(=O)c1ccco1. The fourth-order valence-corrected chi connectivity index (χ4v) is 3.68. The van der Waals surface area contributed by atoms with Crippen molar-refractivity contribution in [3.8, 4) is 0 Å². The summed E-state index contributed by atoms with van der Waals surface area (Å²) < 4.78 is 5.00. The second-order valence-corrected chi connectivity index (χ2v) is 6.95. The van der Waals surface area contributed by atoms with Crippen LogP contribution in [0.5, 0.6) is 0 Å². The summed E-state index contributed by atoms with van der Waals surface area (Å²) in [5, 5.41) is 5.11. The summed E-state index contributed by atoms with van der Waals surface area (Å²) in [6.07, 6.45) is 1.37. The summed E-state index contributed by atoms with van der Waals surface area (Å²) in [6.45, 7) is 0. The quantitative estimate of drug-likeness (QED) is 0.353. The molecule has 0 aliphatic rings. The number of anilines is 2. The number of hydrogen-bond donors (Lipinski definition) is 3. The van der Waals surface area contributed by atoms with Crippen molar-refractivity contribution < 1.29 is 9.21 Å². The van der Waals surface area contributed by atoms with Gasteiger partial charge in [-0.25, -0.2) is 4.98 Å². The van der Waals surface area contributed by atoms with Gasteiger partial charge in [0.25, 0.3) is 11.5 Å². The van der Waals surface area contributed by atoms with Crippen molar-refractivity contribution in [2.75, 3.05) is 11.1 Å². The number of hydrogen-bond acceptors (Lipinski definition) is 6. The van der Waals surface area contributed by atoms with E-state index in [2.05, 4.69) is 33.5 Å². The fraction of sp³-hybridized carbons (Fsp3) is 0.0500. The molecule has 7 nitrogen and oxygen atoms in total. The summed E-state index contributed by atoms with van der Waals surface area (Å²) in [5.41, 5.74) is 6.40. The van der Waals surface area contributed by atoms with E-state index in [0.29, 0.717) is 10.9 Å². The Labute approximate surface area is 164 Å². The number of furan rings is 1. The van der Waals surface area contributed by atoms with Crippen LogP contribution in [0, 0.1) is 0 Å². The molecule has 0 aliphatic heterocycles. The number of carbonyl (C=O) groups excluding carboxylic acids is 1. The Morgan fingerprint density at radius 3 is 2.75 bits per heavy atom. The van der Waals surface area contributed by atoms with Gasteiger partial charge in [0, 0.05) is 5.75 Å². The van der Waals surface area contributed by atoms with E-state index in [0.717, 1.165) is 16.3 Å². The molecule has 2 heterocycles. The van der Waals surface area contributed by atoms with Crippen LogP contribution in [-0.2, 0) is 5.75 Å². The van der Waals surface area contributed by atoms with Crippen LogP contribution in [-0.4, -0.2) is 15.9 Å². The van der Waals surface area contributed by atoms with Crippen molar-refractivity contribution in [1.82, 2.24) is 9.97 Å². The molecule has 0 atom stereocenters. The maximum Gasteiger partial charge on any atom is 0.291 e. The zero-order chi connectivity index (χ0) is 19.5. The number of nitrogen functional groups attached to an aromatic ring is 1. The van der Waals surface area contributed by atoms with Crippen LogP contribution in [0.2, 0.25) is 0 Å². The molecule has 4 rings (SSSR count). The first-order valence-corrected chi connectivity index (χ1v) is 9.44. The van der Waals surface area contributed by atoms with Gasteiger partial charge >= 0.3 is 0 Å². The third-order valence-corrected chi connectivity index (χ3v) is 5.08. The van der Waals surface area contributed by atoms with Crippen LogP contribution in [0.4, 0.5) is 11.5 Å². The largest absolute Gasteiger partial charge is 0.459 e. The van der Waals surface area contributed by atoms with Gasteiger partial charge in [-0.05, 0) is 28.5 Å². The van der Waals surface area contributed by atoms with Gasteiger partial charge < -0.3 is 15.5 Å². The van der Waals surface area contributed by atoms with E-state index in [4.69, 9.17) is 10.2 Å². The highest BCUT2D eigenvalue weighted by atomic mass is 32.2. The monoisotopic (exact) mass is 392 g/mol. The number of nitrogens with one attached hydrogen (secondary N) is 2. The van der Waals surface area contributed by atoms with Crippen LogP contribution in [0.25, 0.3) is 10.8 Å². The Hall–Kier alpha value is -3.52. The first-order chi connectivity index (χ1) is 13.6. The van der Waals surface area contributed by atoms with Crippen LogP contribution in [0.1, 0.15) is 16.1 Å². The van der Waals surface area contributed by atoms with Crippen molar-refractivity contribution >= 4 is 39.9 Å². The van der Waals surface area contributed by atoms with E-state index in [-0.39, 0.29) is 17.3 Å². The van der Waals surface area contributed by atoms with Gasteiger partial charge in [0.05, 0.1) is 6.26 Å². The van der Waals surface area contributed by atoms with Gasteiger partial charge in [-0.2, -0.15) is 0 Å². The van der Waals surface area contributed by atoms with E-state index >= 15 is 0 Å². The molecular weight excluding hydrogens is 376 g/mol. The van der Waals surface area contributed by atoms with Crippen molar-refractivity contribution in [2.45, 2.75) is 10.9 Å². The Morgan fingerprint density at radius 1 is 1.14 bits per heavy atom. The molecule has 2 aromatic carbocycles. The third kappa shape index (κ3) is 3.63. The fourth-order valence-electron chi connectivity index (χ4n) is 2.81. The molecule has 0 unspecified atom stereocenters. The van der Waals surface area contributed by atoms with E-state index < -0.39 is 11.5 Å². The number of rotatable bonds is 5. The van der Waals surface area contributed by atoms with Crippen LogP contribution < -0.4 is 16.6 Å². The number of aromatic amines is 1. The molecule has 4 aromatic rings. The molecule has 2 aromatic heterocycles. The minimum atomic E-state index is -0.569. The molecule has 4 N–H and O–H groups in total. The van der Waals surface area contributed by atoms with Crippen molar-refractivity contribution in [3.63, 3.8) is 0 Å². The first kappa shape index (κ1) is 17.9. The van der Waals surface area contributed by atoms with E-state index in [1.54, 1.807) is 6.07 Å². The molecule has 28 heavy (non-hydrogen) atoms. The predicted molar refractivity (Wildman–Crippen MR) is 109 cm³/mol. The topological polar surface area (TPSA) is 114 Å². The first-order valence-electron chi connectivity index (χ1n) is 8.46. The maximum absolute atomic E-state index is 12.4. The summed E-state index contributed by atoms with van der Waals surface area (Å²) in [7, 11) is 0. The Kier molecular flexibility index (Phi) is 4.86. The summed E-state index contributed by atoms with van der Waals surface area (Å²) in [5.74, 6) is 0.0689. The number of aromatic nitrogens is 2. The van der Waals surface area contributed by atoms with E-state index in [1.165, 1.54) is 24.1 Å². The molecule has 1 amide bonds. The Balaban J connectivity index is 1.53. The van der Waals surface area contributed by atoms with Gasteiger partial charge in [0.15, 0.2) is 22.4 Å². The summed E-state index contributed by atoms with van der Waals surface area (Å²) in [4.78, 5) is 31.3. The normalized spacial score (nSPS) is 10.9. The van der Waals surface area contributed by atoms with Crippen LogP contribution >= 0.6 is 11.8 Å². The smallest absolute Gasteiger partial charge is 0.291 e. The molecule has 0 fully saturated rings. The van der Waals surface area contributed by atoms with E-state index in [9.17, 15) is 9.59 Å². The van der Waals surface area contributed by atoms with Crippen molar-refractivity contribution in [3.05, 3.63) is 82.5 Å². The average Bonchev–Trinajstić information content (AvgIpc) is 3.24. The van der Waals surface area contributed by atoms with Gasteiger partial charge in [-0.3, -0.25) is 14.6 Å². The molecule has 0 spiro atoms. The zero-order valence-corrected chi connectivity index (χ0v) is 15.5. The minimum Gasteiger partial charge on any atom is -0.459 e. The molecule has 8 heteroatoms. The number of thioether (sulfide) groups is 1. The highest BCUT2D eigenvalue weighted by molar-refractivity contribution is 7.98. The van der Waals surface area contributed by atoms with Crippen molar-refractivity contribution in [2.24, 2.45) is 0 Å². The Morgan fingerprint density at radius 2 is 1.96 bits per heavy atom. The number of nitrogens with two attached hydrogens (primary N) is 1. The summed E-state index contributed by atoms with van der Waals surface area (Å²) >= 11 is 1.36. The highest BCUT2D eigenvalue weighted by Crippen LogP contribution is 2.26. The van der Waals surface area contributed by atoms with Gasteiger partial charge in [-0.15, -0.1) is 0 Å². The van der Waals surface area contributed by atoms with Gasteiger partial charge in [0.1, 0.15) is 0 Å². The van der Waals surface area contributed by atoms with Gasteiger partial charge in [0.2, 0.25) is 0 Å². The second-order valence-electron chi connectivity index (χ2n) is 5.99. The number of carbonyl (C=O) groups is 1. The second kappa shape index (κ2) is 7.61. The zero-order valence-electron chi connectivity index (χ0n) is 14.6. The lowest BCUT2D eigenvalue weighted by atomic mass is 10.1. The predicted octanol–water partition coefficient (Wildman–Crippen LogP) is 3.64. The number of H-pyrrole nitrogens is 1. The van der Waals surface area contributed by atoms with Crippen LogP contribution in [0.15, 0.2) is 75.2 Å². The standard InChI is InChI=1S/C20H16N4O3S/c21-17-16(22-18(25)15-9-4-10-27-15)19(26)24-20(23-17)28-11-13-7-3-6-12-5-1-2-8-14(12)13/h1-10H,11H2,(H,22,25)(H3,21,23,24,26). The lowest BCUT2D eigenvalue weighted by molar-refractivity contribution is 0.0996. The molecule has 0 aliphatic carbocycles. The average molecular weight is 392 g/mol. The number of amides is 1.